The molecule has 0 aliphatic carbocycles. The average molecular weight is 200 g/mol. The van der Waals surface area contributed by atoms with Gasteiger partial charge in [-0.2, -0.15) is 0 Å². The van der Waals surface area contributed by atoms with Gasteiger partial charge in [-0.1, -0.05) is 20.8 Å². The summed E-state index contributed by atoms with van der Waals surface area (Å²) in [4.78, 5) is 11.6. The Morgan fingerprint density at radius 1 is 1.57 bits per heavy atom. The summed E-state index contributed by atoms with van der Waals surface area (Å²) in [6.07, 6.45) is 0.497. The molecule has 82 valence electrons. The van der Waals surface area contributed by atoms with Gasteiger partial charge in [-0.25, -0.2) is 5.43 Å². The third kappa shape index (κ3) is 1.91. The number of aliphatic hydroxyl groups excluding tert-OH is 1. The molecule has 1 aliphatic heterocycles. The normalized spacial score (nSPS) is 28.6. The molecule has 2 N–H and O–H groups in total. The van der Waals surface area contributed by atoms with E-state index in [-0.39, 0.29) is 23.5 Å². The fourth-order valence-corrected chi connectivity index (χ4v) is 1.51. The van der Waals surface area contributed by atoms with E-state index in [1.54, 1.807) is 0 Å². The second-order valence-electron chi connectivity index (χ2n) is 5.14. The molecule has 4 nitrogen and oxygen atoms in total. The van der Waals surface area contributed by atoms with Crippen molar-refractivity contribution < 1.29 is 9.90 Å². The van der Waals surface area contributed by atoms with E-state index in [0.29, 0.717) is 13.0 Å². The lowest BCUT2D eigenvalue weighted by atomic mass is 9.74. The topological polar surface area (TPSA) is 52.6 Å². The molecule has 0 aromatic carbocycles. The second kappa shape index (κ2) is 3.51. The molecule has 0 spiro atoms. The molecule has 1 rings (SSSR count). The van der Waals surface area contributed by atoms with Gasteiger partial charge in [0, 0.05) is 12.0 Å². The van der Waals surface area contributed by atoms with Gasteiger partial charge in [0.1, 0.15) is 0 Å². The van der Waals surface area contributed by atoms with Crippen LogP contribution in [0.25, 0.3) is 0 Å². The Hall–Kier alpha value is -0.610. The van der Waals surface area contributed by atoms with Crippen LogP contribution in [0.3, 0.4) is 0 Å². The SMILES string of the molecule is CC(C)(C)C1(C)CC(=O)N(CCO)N1. The van der Waals surface area contributed by atoms with Gasteiger partial charge in [0.05, 0.1) is 13.2 Å². The van der Waals surface area contributed by atoms with Crippen LogP contribution in [0.1, 0.15) is 34.1 Å². The molecule has 1 fully saturated rings. The molecular weight excluding hydrogens is 180 g/mol. The van der Waals surface area contributed by atoms with Gasteiger partial charge >= 0.3 is 0 Å². The molecular formula is C10H20N2O2. The first-order chi connectivity index (χ1) is 6.30. The van der Waals surface area contributed by atoms with E-state index in [2.05, 4.69) is 26.2 Å². The number of β-amino-alcohol motifs (C(OH)–C–C–N with tert-alkyl or cyclic N) is 1. The first-order valence-corrected chi connectivity index (χ1v) is 4.99. The second-order valence-corrected chi connectivity index (χ2v) is 5.14. The third-order valence-corrected chi connectivity index (χ3v) is 3.17. The Morgan fingerprint density at radius 2 is 2.14 bits per heavy atom. The van der Waals surface area contributed by atoms with Crippen molar-refractivity contribution >= 4 is 5.91 Å². The minimum Gasteiger partial charge on any atom is -0.394 e. The van der Waals surface area contributed by atoms with Crippen LogP contribution >= 0.6 is 0 Å². The van der Waals surface area contributed by atoms with Gasteiger partial charge in [-0.05, 0) is 12.3 Å². The minimum atomic E-state index is -0.209. The van der Waals surface area contributed by atoms with Crippen molar-refractivity contribution in [1.82, 2.24) is 10.4 Å². The van der Waals surface area contributed by atoms with E-state index in [0.717, 1.165) is 0 Å². The summed E-state index contributed by atoms with van der Waals surface area (Å²) < 4.78 is 0. The molecule has 0 aromatic heterocycles. The highest BCUT2D eigenvalue weighted by atomic mass is 16.3. The number of amides is 1. The highest BCUT2D eigenvalue weighted by Gasteiger charge is 2.46. The molecule has 0 aromatic rings. The monoisotopic (exact) mass is 200 g/mol. The van der Waals surface area contributed by atoms with Crippen molar-refractivity contribution in [2.75, 3.05) is 13.2 Å². The number of rotatable bonds is 2. The smallest absolute Gasteiger partial charge is 0.238 e. The third-order valence-electron chi connectivity index (χ3n) is 3.17. The molecule has 4 heteroatoms. The molecule has 1 heterocycles. The number of nitrogens with zero attached hydrogens (tertiary/aromatic N) is 1. The zero-order valence-electron chi connectivity index (χ0n) is 9.42. The highest BCUT2D eigenvalue weighted by molar-refractivity contribution is 5.79. The Bertz CT molecular complexity index is 235. The highest BCUT2D eigenvalue weighted by Crippen LogP contribution is 2.36. The zero-order valence-corrected chi connectivity index (χ0v) is 9.42. The minimum absolute atomic E-state index is 0.00103. The van der Waals surface area contributed by atoms with Crippen LogP contribution in [0.2, 0.25) is 0 Å². The molecule has 1 unspecified atom stereocenters. The van der Waals surface area contributed by atoms with Crippen LogP contribution < -0.4 is 5.43 Å². The molecule has 1 aliphatic rings. The lowest BCUT2D eigenvalue weighted by molar-refractivity contribution is -0.130. The Balaban J connectivity index is 2.75. The van der Waals surface area contributed by atoms with Gasteiger partial charge in [0.2, 0.25) is 5.91 Å². The number of hydrogen-bond acceptors (Lipinski definition) is 3. The molecule has 0 bridgehead atoms. The number of aliphatic hydroxyl groups is 1. The van der Waals surface area contributed by atoms with E-state index in [1.165, 1.54) is 5.01 Å². The maximum absolute atomic E-state index is 11.6. The molecule has 14 heavy (non-hydrogen) atoms. The van der Waals surface area contributed by atoms with Crippen LogP contribution in [0.15, 0.2) is 0 Å². The van der Waals surface area contributed by atoms with Gasteiger partial charge < -0.3 is 5.11 Å². The summed E-state index contributed by atoms with van der Waals surface area (Å²) in [5, 5.41) is 10.3. The maximum Gasteiger partial charge on any atom is 0.238 e. The Morgan fingerprint density at radius 3 is 2.50 bits per heavy atom. The van der Waals surface area contributed by atoms with Crippen LogP contribution in [0.4, 0.5) is 0 Å². The Kier molecular flexibility index (Phi) is 2.88. The molecule has 1 atom stereocenters. The van der Waals surface area contributed by atoms with Crippen molar-refractivity contribution in [2.24, 2.45) is 5.41 Å². The molecule has 1 amide bonds. The summed E-state index contributed by atoms with van der Waals surface area (Å²) in [6, 6.07) is 0. The van der Waals surface area contributed by atoms with Gasteiger partial charge in [0.15, 0.2) is 0 Å². The summed E-state index contributed by atoms with van der Waals surface area (Å²) in [6.45, 7) is 8.73. The molecule has 1 saturated heterocycles. The quantitative estimate of drug-likeness (QED) is 0.683. The van der Waals surface area contributed by atoms with Crippen molar-refractivity contribution in [3.8, 4) is 0 Å². The molecule has 0 saturated carbocycles. The van der Waals surface area contributed by atoms with Crippen LogP contribution in [-0.2, 0) is 4.79 Å². The molecule has 0 radical (unpaired) electrons. The van der Waals surface area contributed by atoms with E-state index < -0.39 is 0 Å². The van der Waals surface area contributed by atoms with Gasteiger partial charge in [-0.3, -0.25) is 9.80 Å². The maximum atomic E-state index is 11.6. The fourth-order valence-electron chi connectivity index (χ4n) is 1.51. The van der Waals surface area contributed by atoms with E-state index in [4.69, 9.17) is 5.11 Å². The van der Waals surface area contributed by atoms with Crippen LogP contribution in [0, 0.1) is 5.41 Å². The number of carbonyl (C=O) groups excluding carboxylic acids is 1. The predicted molar refractivity (Wildman–Crippen MR) is 54.4 cm³/mol. The van der Waals surface area contributed by atoms with Crippen LogP contribution in [0.5, 0.6) is 0 Å². The summed E-state index contributed by atoms with van der Waals surface area (Å²) in [5.41, 5.74) is 2.99. The number of hydrogen-bond donors (Lipinski definition) is 2. The van der Waals surface area contributed by atoms with Crippen LogP contribution in [-0.4, -0.2) is 34.7 Å². The first-order valence-electron chi connectivity index (χ1n) is 4.99. The van der Waals surface area contributed by atoms with Crippen molar-refractivity contribution in [3.63, 3.8) is 0 Å². The van der Waals surface area contributed by atoms with Crippen molar-refractivity contribution in [1.29, 1.82) is 0 Å². The van der Waals surface area contributed by atoms with Gasteiger partial charge in [0.25, 0.3) is 0 Å². The lowest BCUT2D eigenvalue weighted by Crippen LogP contribution is -2.52. The van der Waals surface area contributed by atoms with E-state index in [9.17, 15) is 4.79 Å². The number of carbonyl (C=O) groups is 1. The summed E-state index contributed by atoms with van der Waals surface area (Å²) >= 11 is 0. The fraction of sp³-hybridized carbons (Fsp3) is 0.900. The summed E-state index contributed by atoms with van der Waals surface area (Å²) in [5.74, 6) is 0.0662. The average Bonchev–Trinajstić information content (AvgIpc) is 2.27. The Labute approximate surface area is 85.3 Å². The number of hydrazine groups is 1. The predicted octanol–water partition coefficient (Wildman–Crippen LogP) is 0.520. The van der Waals surface area contributed by atoms with Crippen molar-refractivity contribution in [2.45, 2.75) is 39.7 Å². The number of nitrogens with one attached hydrogen (secondary N) is 1. The van der Waals surface area contributed by atoms with E-state index >= 15 is 0 Å². The van der Waals surface area contributed by atoms with Crippen molar-refractivity contribution in [3.05, 3.63) is 0 Å². The zero-order chi connectivity index (χ0) is 11.0. The van der Waals surface area contributed by atoms with Gasteiger partial charge in [-0.15, -0.1) is 0 Å². The van der Waals surface area contributed by atoms with E-state index in [1.807, 2.05) is 6.92 Å². The lowest BCUT2D eigenvalue weighted by Gasteiger charge is -2.38. The largest absolute Gasteiger partial charge is 0.394 e. The standard InChI is InChI=1S/C10H20N2O2/c1-9(2,3)10(4)7-8(14)12(11-10)5-6-13/h11,13H,5-7H2,1-4H3. The summed E-state index contributed by atoms with van der Waals surface area (Å²) in [7, 11) is 0. The first kappa shape index (κ1) is 11.5.